The number of amides is 1. The van der Waals surface area contributed by atoms with Gasteiger partial charge in [-0.1, -0.05) is 15.9 Å². The summed E-state index contributed by atoms with van der Waals surface area (Å²) in [7, 11) is 3.85. The second-order valence-corrected chi connectivity index (χ2v) is 6.55. The SMILES string of the molecule is CN(C)c1ccc(NC(=O)CSc2ccc(Br)cc2)cn1. The highest BCUT2D eigenvalue weighted by molar-refractivity contribution is 9.10. The predicted octanol–water partition coefficient (Wildman–Crippen LogP) is 3.64. The highest BCUT2D eigenvalue weighted by Crippen LogP contribution is 2.21. The third-order valence-electron chi connectivity index (χ3n) is 2.67. The molecule has 1 amide bonds. The maximum absolute atomic E-state index is 11.9. The Morgan fingerprint density at radius 1 is 1.24 bits per heavy atom. The van der Waals surface area contributed by atoms with Crippen molar-refractivity contribution < 1.29 is 4.79 Å². The molecular formula is C15H16BrN3OS. The van der Waals surface area contributed by atoms with E-state index in [9.17, 15) is 4.79 Å². The number of thioether (sulfide) groups is 1. The van der Waals surface area contributed by atoms with Crippen LogP contribution >= 0.6 is 27.7 Å². The van der Waals surface area contributed by atoms with Crippen LogP contribution in [0, 0.1) is 0 Å². The van der Waals surface area contributed by atoms with Crippen LogP contribution in [0.4, 0.5) is 11.5 Å². The molecule has 0 radical (unpaired) electrons. The minimum absolute atomic E-state index is 0.0395. The molecule has 2 rings (SSSR count). The van der Waals surface area contributed by atoms with Crippen molar-refractivity contribution in [3.8, 4) is 0 Å². The van der Waals surface area contributed by atoms with Crippen LogP contribution in [0.25, 0.3) is 0 Å². The Labute approximate surface area is 137 Å². The molecule has 1 heterocycles. The molecule has 0 saturated heterocycles. The van der Waals surface area contributed by atoms with E-state index >= 15 is 0 Å². The van der Waals surface area contributed by atoms with Gasteiger partial charge in [-0.25, -0.2) is 4.98 Å². The number of pyridine rings is 1. The van der Waals surface area contributed by atoms with Crippen molar-refractivity contribution >= 4 is 45.1 Å². The summed E-state index contributed by atoms with van der Waals surface area (Å²) in [4.78, 5) is 19.1. The Balaban J connectivity index is 1.85. The Hall–Kier alpha value is -1.53. The van der Waals surface area contributed by atoms with E-state index in [1.54, 1.807) is 6.20 Å². The molecule has 21 heavy (non-hydrogen) atoms. The van der Waals surface area contributed by atoms with Crippen LogP contribution in [0.15, 0.2) is 52.0 Å². The number of hydrogen-bond acceptors (Lipinski definition) is 4. The highest BCUT2D eigenvalue weighted by atomic mass is 79.9. The quantitative estimate of drug-likeness (QED) is 0.821. The van der Waals surface area contributed by atoms with Gasteiger partial charge in [-0.15, -0.1) is 11.8 Å². The molecule has 1 aromatic carbocycles. The molecule has 6 heteroatoms. The summed E-state index contributed by atoms with van der Waals surface area (Å²) >= 11 is 4.89. The van der Waals surface area contributed by atoms with E-state index in [-0.39, 0.29) is 5.91 Å². The molecule has 1 aromatic heterocycles. The van der Waals surface area contributed by atoms with Gasteiger partial charge in [0, 0.05) is 23.5 Å². The molecule has 4 nitrogen and oxygen atoms in total. The molecular weight excluding hydrogens is 350 g/mol. The Kier molecular flexibility index (Phi) is 5.64. The summed E-state index contributed by atoms with van der Waals surface area (Å²) < 4.78 is 1.03. The van der Waals surface area contributed by atoms with Gasteiger partial charge >= 0.3 is 0 Å². The van der Waals surface area contributed by atoms with Crippen molar-refractivity contribution in [2.24, 2.45) is 0 Å². The number of rotatable bonds is 5. The Bertz CT molecular complexity index is 599. The van der Waals surface area contributed by atoms with E-state index in [1.807, 2.05) is 55.4 Å². The normalized spacial score (nSPS) is 10.2. The zero-order chi connectivity index (χ0) is 15.2. The monoisotopic (exact) mass is 365 g/mol. The van der Waals surface area contributed by atoms with Crippen LogP contribution in [0.3, 0.4) is 0 Å². The molecule has 0 unspecified atom stereocenters. The molecule has 0 aliphatic heterocycles. The van der Waals surface area contributed by atoms with Crippen LogP contribution in [0.1, 0.15) is 0 Å². The van der Waals surface area contributed by atoms with Gasteiger partial charge in [0.05, 0.1) is 17.6 Å². The first-order valence-corrected chi connectivity index (χ1v) is 8.14. The molecule has 1 N–H and O–H groups in total. The Morgan fingerprint density at radius 3 is 2.52 bits per heavy atom. The zero-order valence-corrected chi connectivity index (χ0v) is 14.2. The highest BCUT2D eigenvalue weighted by Gasteiger charge is 2.05. The number of anilines is 2. The van der Waals surface area contributed by atoms with Crippen molar-refractivity contribution in [3.05, 3.63) is 47.1 Å². The van der Waals surface area contributed by atoms with E-state index in [2.05, 4.69) is 26.2 Å². The van der Waals surface area contributed by atoms with Crippen LogP contribution < -0.4 is 10.2 Å². The summed E-state index contributed by atoms with van der Waals surface area (Å²) in [5.74, 6) is 1.19. The van der Waals surface area contributed by atoms with Gasteiger partial charge < -0.3 is 10.2 Å². The third-order valence-corrected chi connectivity index (χ3v) is 4.21. The van der Waals surface area contributed by atoms with Crippen molar-refractivity contribution in [1.29, 1.82) is 0 Å². The molecule has 110 valence electrons. The van der Waals surface area contributed by atoms with Gasteiger partial charge in [0.2, 0.25) is 5.91 Å². The maximum Gasteiger partial charge on any atom is 0.234 e. The largest absolute Gasteiger partial charge is 0.363 e. The first-order chi connectivity index (χ1) is 10.0. The lowest BCUT2D eigenvalue weighted by molar-refractivity contribution is -0.113. The van der Waals surface area contributed by atoms with Crippen molar-refractivity contribution in [1.82, 2.24) is 4.98 Å². The lowest BCUT2D eigenvalue weighted by Crippen LogP contribution is -2.15. The van der Waals surface area contributed by atoms with Crippen LogP contribution in [-0.4, -0.2) is 30.7 Å². The fourth-order valence-electron chi connectivity index (χ4n) is 1.60. The Morgan fingerprint density at radius 2 is 1.95 bits per heavy atom. The van der Waals surface area contributed by atoms with Gasteiger partial charge in [0.1, 0.15) is 5.82 Å². The summed E-state index contributed by atoms with van der Waals surface area (Å²) in [6.45, 7) is 0. The van der Waals surface area contributed by atoms with Crippen LogP contribution in [0.5, 0.6) is 0 Å². The van der Waals surface area contributed by atoms with Gasteiger partial charge in [0.25, 0.3) is 0 Å². The fourth-order valence-corrected chi connectivity index (χ4v) is 2.56. The lowest BCUT2D eigenvalue weighted by Gasteiger charge is -2.11. The second-order valence-electron chi connectivity index (χ2n) is 4.59. The van der Waals surface area contributed by atoms with E-state index in [0.29, 0.717) is 11.4 Å². The molecule has 0 saturated carbocycles. The summed E-state index contributed by atoms with van der Waals surface area (Å²) in [6, 6.07) is 11.6. The molecule has 0 bridgehead atoms. The summed E-state index contributed by atoms with van der Waals surface area (Å²) in [5.41, 5.74) is 0.710. The third kappa shape index (κ3) is 5.06. The number of nitrogens with zero attached hydrogens (tertiary/aromatic N) is 2. The van der Waals surface area contributed by atoms with Crippen molar-refractivity contribution in [2.75, 3.05) is 30.1 Å². The van der Waals surface area contributed by atoms with Crippen molar-refractivity contribution in [3.63, 3.8) is 0 Å². The minimum atomic E-state index is -0.0395. The van der Waals surface area contributed by atoms with Gasteiger partial charge in [-0.05, 0) is 36.4 Å². The van der Waals surface area contributed by atoms with Crippen LogP contribution in [-0.2, 0) is 4.79 Å². The van der Waals surface area contributed by atoms with Crippen molar-refractivity contribution in [2.45, 2.75) is 4.90 Å². The first-order valence-electron chi connectivity index (χ1n) is 6.36. The number of nitrogens with one attached hydrogen (secondary N) is 1. The van der Waals surface area contributed by atoms with Gasteiger partial charge in [0.15, 0.2) is 0 Å². The number of halogens is 1. The average molecular weight is 366 g/mol. The molecule has 0 aliphatic rings. The number of carbonyl (C=O) groups is 1. The van der Waals surface area contributed by atoms with E-state index < -0.39 is 0 Å². The smallest absolute Gasteiger partial charge is 0.234 e. The van der Waals surface area contributed by atoms with Crippen LogP contribution in [0.2, 0.25) is 0 Å². The standard InChI is InChI=1S/C15H16BrN3OS/c1-19(2)14-8-5-12(9-17-14)18-15(20)10-21-13-6-3-11(16)4-7-13/h3-9H,10H2,1-2H3,(H,18,20). The van der Waals surface area contributed by atoms with E-state index in [1.165, 1.54) is 11.8 Å². The fraction of sp³-hybridized carbons (Fsp3) is 0.200. The number of aromatic nitrogens is 1. The number of hydrogen-bond donors (Lipinski definition) is 1. The van der Waals surface area contributed by atoms with Gasteiger partial charge in [-0.2, -0.15) is 0 Å². The minimum Gasteiger partial charge on any atom is -0.363 e. The number of benzene rings is 1. The molecule has 0 atom stereocenters. The zero-order valence-electron chi connectivity index (χ0n) is 11.8. The molecule has 0 aliphatic carbocycles. The maximum atomic E-state index is 11.9. The second kappa shape index (κ2) is 7.47. The van der Waals surface area contributed by atoms with E-state index in [0.717, 1.165) is 15.2 Å². The lowest BCUT2D eigenvalue weighted by atomic mass is 10.4. The van der Waals surface area contributed by atoms with Gasteiger partial charge in [-0.3, -0.25) is 4.79 Å². The van der Waals surface area contributed by atoms with E-state index in [4.69, 9.17) is 0 Å². The predicted molar refractivity (Wildman–Crippen MR) is 92.1 cm³/mol. The average Bonchev–Trinajstić information content (AvgIpc) is 2.47. The molecule has 0 fully saturated rings. The topological polar surface area (TPSA) is 45.2 Å². The molecule has 0 spiro atoms. The first kappa shape index (κ1) is 15.9. The molecule has 2 aromatic rings. The summed E-state index contributed by atoms with van der Waals surface area (Å²) in [6.07, 6.45) is 1.66. The summed E-state index contributed by atoms with van der Waals surface area (Å²) in [5, 5.41) is 2.84. The number of carbonyl (C=O) groups excluding carboxylic acids is 1.